The summed E-state index contributed by atoms with van der Waals surface area (Å²) in [7, 11) is 0. The Balaban J connectivity index is 2.70. The van der Waals surface area contributed by atoms with Crippen LogP contribution in [0.25, 0.3) is 0 Å². The molecule has 1 rings (SSSR count). The van der Waals surface area contributed by atoms with Crippen molar-refractivity contribution in [1.82, 2.24) is 5.32 Å². The van der Waals surface area contributed by atoms with Gasteiger partial charge in [0.15, 0.2) is 0 Å². The van der Waals surface area contributed by atoms with Gasteiger partial charge in [-0.25, -0.2) is 0 Å². The van der Waals surface area contributed by atoms with E-state index in [4.69, 9.17) is 22.0 Å². The van der Waals surface area contributed by atoms with Gasteiger partial charge in [-0.15, -0.1) is 0 Å². The summed E-state index contributed by atoms with van der Waals surface area (Å²) in [5, 5.41) is 24.4. The molecule has 3 N–H and O–H groups in total. The topological polar surface area (TPSA) is 85.2 Å². The molecule has 0 aliphatic carbocycles. The highest BCUT2D eigenvalue weighted by Gasteiger charge is 2.13. The average Bonchev–Trinajstić information content (AvgIpc) is 2.38. The molecule has 0 spiro atoms. The molecule has 0 amide bonds. The molecule has 108 valence electrons. The van der Waals surface area contributed by atoms with Gasteiger partial charge in [0.1, 0.15) is 6.07 Å². The number of nitrogens with one attached hydrogen (secondary N) is 2. The number of halogens is 1. The van der Waals surface area contributed by atoms with Crippen LogP contribution in [0.1, 0.15) is 25.3 Å². The van der Waals surface area contributed by atoms with E-state index in [0.717, 1.165) is 13.0 Å². The molecule has 20 heavy (non-hydrogen) atoms. The van der Waals surface area contributed by atoms with E-state index in [9.17, 15) is 4.79 Å². The van der Waals surface area contributed by atoms with Crippen LogP contribution in [0.3, 0.4) is 0 Å². The highest BCUT2D eigenvalue weighted by Crippen LogP contribution is 2.21. The Morgan fingerprint density at radius 2 is 2.30 bits per heavy atom. The highest BCUT2D eigenvalue weighted by atomic mass is 35.5. The number of hydrogen-bond acceptors (Lipinski definition) is 4. The minimum absolute atomic E-state index is 0.00827. The highest BCUT2D eigenvalue weighted by molar-refractivity contribution is 6.32. The van der Waals surface area contributed by atoms with Gasteiger partial charge in [-0.1, -0.05) is 18.5 Å². The molecule has 1 atom stereocenters. The van der Waals surface area contributed by atoms with Crippen molar-refractivity contribution in [3.05, 3.63) is 28.8 Å². The molecule has 5 nitrogen and oxygen atoms in total. The number of aliphatic carboxylic acids is 1. The van der Waals surface area contributed by atoms with Gasteiger partial charge in [-0.3, -0.25) is 4.79 Å². The SMILES string of the molecule is CCCNC[C@H](CC(=O)O)Nc1ccc(C#N)c(Cl)c1. The smallest absolute Gasteiger partial charge is 0.305 e. The van der Waals surface area contributed by atoms with Crippen LogP contribution in [-0.2, 0) is 4.79 Å². The summed E-state index contributed by atoms with van der Waals surface area (Å²) >= 11 is 5.95. The van der Waals surface area contributed by atoms with Crippen molar-refractivity contribution in [3.8, 4) is 6.07 Å². The molecule has 0 radical (unpaired) electrons. The third kappa shape index (κ3) is 5.47. The molecule has 0 aromatic heterocycles. The predicted octanol–water partition coefficient (Wildman–Crippen LogP) is 2.47. The Bertz CT molecular complexity index is 500. The molecule has 1 aromatic carbocycles. The molecule has 0 aliphatic rings. The van der Waals surface area contributed by atoms with E-state index in [1.165, 1.54) is 0 Å². The van der Waals surface area contributed by atoms with Crippen LogP contribution in [0, 0.1) is 11.3 Å². The molecule has 0 unspecified atom stereocenters. The van der Waals surface area contributed by atoms with Crippen molar-refractivity contribution in [1.29, 1.82) is 5.26 Å². The average molecular weight is 296 g/mol. The van der Waals surface area contributed by atoms with E-state index >= 15 is 0 Å². The number of anilines is 1. The van der Waals surface area contributed by atoms with Gasteiger partial charge >= 0.3 is 5.97 Å². The van der Waals surface area contributed by atoms with Gasteiger partial charge in [0.2, 0.25) is 0 Å². The summed E-state index contributed by atoms with van der Waals surface area (Å²) in [6.45, 7) is 3.44. The van der Waals surface area contributed by atoms with E-state index in [1.54, 1.807) is 18.2 Å². The lowest BCUT2D eigenvalue weighted by atomic mass is 10.1. The van der Waals surface area contributed by atoms with Gasteiger partial charge in [0, 0.05) is 18.3 Å². The largest absolute Gasteiger partial charge is 0.481 e. The van der Waals surface area contributed by atoms with Crippen molar-refractivity contribution < 1.29 is 9.90 Å². The first kappa shape index (κ1) is 16.3. The molecule has 0 saturated heterocycles. The van der Waals surface area contributed by atoms with Crippen molar-refractivity contribution in [2.24, 2.45) is 0 Å². The number of carboxylic acid groups (broad SMARTS) is 1. The summed E-state index contributed by atoms with van der Waals surface area (Å²) in [5.41, 5.74) is 1.11. The number of hydrogen-bond donors (Lipinski definition) is 3. The molecule has 0 fully saturated rings. The second kappa shape index (κ2) is 8.41. The van der Waals surface area contributed by atoms with Gasteiger partial charge in [0.05, 0.1) is 17.0 Å². The van der Waals surface area contributed by atoms with E-state index in [2.05, 4.69) is 10.6 Å². The van der Waals surface area contributed by atoms with Gasteiger partial charge in [0.25, 0.3) is 0 Å². The minimum Gasteiger partial charge on any atom is -0.481 e. The molecular formula is C14H18ClN3O2. The summed E-state index contributed by atoms with van der Waals surface area (Å²) in [6, 6.07) is 6.72. The van der Waals surface area contributed by atoms with Crippen LogP contribution in [0.2, 0.25) is 5.02 Å². The molecular weight excluding hydrogens is 278 g/mol. The van der Waals surface area contributed by atoms with Crippen LogP contribution >= 0.6 is 11.6 Å². The number of nitriles is 1. The van der Waals surface area contributed by atoms with Crippen molar-refractivity contribution in [2.75, 3.05) is 18.4 Å². The maximum atomic E-state index is 10.9. The van der Waals surface area contributed by atoms with Gasteiger partial charge in [-0.05, 0) is 31.2 Å². The summed E-state index contributed by atoms with van der Waals surface area (Å²) < 4.78 is 0. The first-order valence-corrected chi connectivity index (χ1v) is 6.83. The third-order valence-corrected chi connectivity index (χ3v) is 3.01. The van der Waals surface area contributed by atoms with Crippen molar-refractivity contribution in [3.63, 3.8) is 0 Å². The Kier molecular flexibility index (Phi) is 6.85. The Morgan fingerprint density at radius 1 is 1.55 bits per heavy atom. The molecule has 0 heterocycles. The standard InChI is InChI=1S/C14H18ClN3O2/c1-2-5-17-9-12(7-14(19)20)18-11-4-3-10(8-16)13(15)6-11/h3-4,6,12,17-18H,2,5,7,9H2,1H3,(H,19,20)/t12-/m0/s1. The van der Waals surface area contributed by atoms with Crippen molar-refractivity contribution in [2.45, 2.75) is 25.8 Å². The number of carboxylic acids is 1. The third-order valence-electron chi connectivity index (χ3n) is 2.70. The zero-order valence-corrected chi connectivity index (χ0v) is 12.1. The van der Waals surface area contributed by atoms with Crippen LogP contribution in [0.15, 0.2) is 18.2 Å². The molecule has 0 aliphatic heterocycles. The lowest BCUT2D eigenvalue weighted by Gasteiger charge is -2.19. The number of nitrogens with zero attached hydrogens (tertiary/aromatic N) is 1. The lowest BCUT2D eigenvalue weighted by molar-refractivity contribution is -0.137. The molecule has 1 aromatic rings. The fourth-order valence-corrected chi connectivity index (χ4v) is 1.99. The zero-order chi connectivity index (χ0) is 15.0. The van der Waals surface area contributed by atoms with E-state index in [0.29, 0.717) is 22.8 Å². The first-order chi connectivity index (χ1) is 9.56. The van der Waals surface area contributed by atoms with E-state index in [-0.39, 0.29) is 12.5 Å². The van der Waals surface area contributed by atoms with Gasteiger partial charge < -0.3 is 15.7 Å². The van der Waals surface area contributed by atoms with Crippen LogP contribution in [0.4, 0.5) is 5.69 Å². The number of carbonyl (C=O) groups is 1. The monoisotopic (exact) mass is 295 g/mol. The van der Waals surface area contributed by atoms with Gasteiger partial charge in [-0.2, -0.15) is 5.26 Å². The quantitative estimate of drug-likeness (QED) is 0.642. The molecule has 0 bridgehead atoms. The second-order valence-corrected chi connectivity index (χ2v) is 4.86. The Hall–Kier alpha value is -1.77. The van der Waals surface area contributed by atoms with E-state index < -0.39 is 5.97 Å². The second-order valence-electron chi connectivity index (χ2n) is 4.45. The Morgan fingerprint density at radius 3 is 2.85 bits per heavy atom. The molecule has 0 saturated carbocycles. The molecule has 6 heteroatoms. The maximum Gasteiger partial charge on any atom is 0.305 e. The Labute approximate surface area is 123 Å². The van der Waals surface area contributed by atoms with Crippen molar-refractivity contribution >= 4 is 23.3 Å². The van der Waals surface area contributed by atoms with Crippen LogP contribution < -0.4 is 10.6 Å². The summed E-state index contributed by atoms with van der Waals surface area (Å²) in [4.78, 5) is 10.9. The van der Waals surface area contributed by atoms with E-state index in [1.807, 2.05) is 13.0 Å². The summed E-state index contributed by atoms with van der Waals surface area (Å²) in [5.74, 6) is -0.861. The lowest BCUT2D eigenvalue weighted by Crippen LogP contribution is -2.35. The van der Waals surface area contributed by atoms with Crippen LogP contribution in [0.5, 0.6) is 0 Å². The number of rotatable bonds is 8. The normalized spacial score (nSPS) is 11.7. The first-order valence-electron chi connectivity index (χ1n) is 6.45. The predicted molar refractivity (Wildman–Crippen MR) is 79.0 cm³/mol. The van der Waals surface area contributed by atoms with Crippen LogP contribution in [-0.4, -0.2) is 30.2 Å². The number of benzene rings is 1. The summed E-state index contributed by atoms with van der Waals surface area (Å²) in [6.07, 6.45) is 0.997. The minimum atomic E-state index is -0.861. The fraction of sp³-hybridized carbons (Fsp3) is 0.429. The maximum absolute atomic E-state index is 10.9. The zero-order valence-electron chi connectivity index (χ0n) is 11.3. The fourth-order valence-electron chi connectivity index (χ4n) is 1.77.